The highest BCUT2D eigenvalue weighted by atomic mass is 16.1. The predicted octanol–water partition coefficient (Wildman–Crippen LogP) is 3.41. The summed E-state index contributed by atoms with van der Waals surface area (Å²) >= 11 is 0. The average molecular weight is 307 g/mol. The van der Waals surface area contributed by atoms with E-state index in [1.165, 1.54) is 0 Å². The number of aromatic amines is 2. The minimum Gasteiger partial charge on any atom is -0.337 e. The Kier molecular flexibility index (Phi) is 4.05. The summed E-state index contributed by atoms with van der Waals surface area (Å²) < 4.78 is 0. The van der Waals surface area contributed by atoms with E-state index < -0.39 is 0 Å². The third-order valence-electron chi connectivity index (χ3n) is 3.38. The fourth-order valence-electron chi connectivity index (χ4n) is 2.26. The zero-order valence-electron chi connectivity index (χ0n) is 12.9. The fraction of sp³-hybridized carbons (Fsp3) is 0.118. The molecule has 0 unspecified atom stereocenters. The highest BCUT2D eigenvalue weighted by Gasteiger charge is 2.11. The molecule has 3 N–H and O–H groups in total. The number of nitrogens with one attached hydrogen (secondary N) is 3. The molecule has 0 saturated heterocycles. The second kappa shape index (κ2) is 6.31. The number of hydrogen-bond acceptors (Lipinski definition) is 3. The van der Waals surface area contributed by atoms with Gasteiger partial charge in [0.05, 0.1) is 11.0 Å². The molecule has 116 valence electrons. The summed E-state index contributed by atoms with van der Waals surface area (Å²) in [4.78, 5) is 19.8. The number of carbonyl (C=O) groups excluding carboxylic acids is 1. The lowest BCUT2D eigenvalue weighted by molar-refractivity contribution is -0.112. The van der Waals surface area contributed by atoms with Crippen LogP contribution in [0.15, 0.2) is 54.1 Å². The minimum absolute atomic E-state index is 0.201. The summed E-state index contributed by atoms with van der Waals surface area (Å²) in [5, 5.41) is 9.75. The largest absolute Gasteiger partial charge is 0.337 e. The number of rotatable bonds is 4. The number of amides is 1. The third-order valence-corrected chi connectivity index (χ3v) is 3.38. The molecule has 0 saturated carbocycles. The molecule has 2 aromatic heterocycles. The van der Waals surface area contributed by atoms with Gasteiger partial charge in [-0.25, -0.2) is 4.98 Å². The summed E-state index contributed by atoms with van der Waals surface area (Å²) in [6.07, 6.45) is 5.32. The van der Waals surface area contributed by atoms with Crippen LogP contribution in [-0.2, 0) is 4.79 Å². The van der Waals surface area contributed by atoms with Gasteiger partial charge in [0.2, 0.25) is 0 Å². The van der Waals surface area contributed by atoms with E-state index in [0.29, 0.717) is 22.9 Å². The molecule has 3 aromatic rings. The molecule has 0 bridgehead atoms. The van der Waals surface area contributed by atoms with E-state index >= 15 is 0 Å². The lowest BCUT2D eigenvalue weighted by Crippen LogP contribution is -2.13. The Labute approximate surface area is 133 Å². The number of H-pyrrole nitrogens is 2. The monoisotopic (exact) mass is 307 g/mol. The number of allylic oxidation sites excluding steroid dienone is 2. The Bertz CT molecular complexity index is 867. The van der Waals surface area contributed by atoms with Crippen molar-refractivity contribution < 1.29 is 4.79 Å². The van der Waals surface area contributed by atoms with E-state index in [4.69, 9.17) is 0 Å². The zero-order chi connectivity index (χ0) is 16.2. The Morgan fingerprint density at radius 2 is 2.09 bits per heavy atom. The van der Waals surface area contributed by atoms with Gasteiger partial charge in [-0.2, -0.15) is 5.10 Å². The summed E-state index contributed by atoms with van der Waals surface area (Å²) in [7, 11) is 0. The Balaban J connectivity index is 1.81. The molecule has 6 nitrogen and oxygen atoms in total. The highest BCUT2D eigenvalue weighted by Crippen LogP contribution is 2.20. The van der Waals surface area contributed by atoms with Crippen LogP contribution in [0.5, 0.6) is 0 Å². The molecular weight excluding hydrogens is 290 g/mol. The van der Waals surface area contributed by atoms with E-state index in [9.17, 15) is 4.79 Å². The van der Waals surface area contributed by atoms with Crippen molar-refractivity contribution in [2.24, 2.45) is 0 Å². The molecule has 3 rings (SSSR count). The van der Waals surface area contributed by atoms with Crippen LogP contribution in [0.1, 0.15) is 13.8 Å². The van der Waals surface area contributed by atoms with Gasteiger partial charge in [-0.15, -0.1) is 0 Å². The number of imidazole rings is 1. The second-order valence-corrected chi connectivity index (χ2v) is 4.97. The van der Waals surface area contributed by atoms with Crippen molar-refractivity contribution in [2.45, 2.75) is 13.8 Å². The van der Waals surface area contributed by atoms with Gasteiger partial charge in [-0.1, -0.05) is 30.4 Å². The maximum atomic E-state index is 12.1. The molecule has 1 amide bonds. The average Bonchev–Trinajstić information content (AvgIpc) is 3.18. The molecule has 6 heteroatoms. The van der Waals surface area contributed by atoms with Crippen molar-refractivity contribution in [3.05, 3.63) is 54.1 Å². The predicted molar refractivity (Wildman–Crippen MR) is 90.9 cm³/mol. The first-order valence-corrected chi connectivity index (χ1v) is 7.32. The molecule has 0 spiro atoms. The number of benzene rings is 1. The van der Waals surface area contributed by atoms with Crippen molar-refractivity contribution >= 4 is 22.8 Å². The van der Waals surface area contributed by atoms with Gasteiger partial charge in [-0.3, -0.25) is 9.89 Å². The number of carbonyl (C=O) groups is 1. The summed E-state index contributed by atoms with van der Waals surface area (Å²) in [6, 6.07) is 9.52. The SMILES string of the molecule is C/C=C\C(=C/C)C(=O)Nc1cc(-c2nc3ccccc3[nH]2)[nH]n1. The van der Waals surface area contributed by atoms with E-state index in [-0.39, 0.29) is 5.91 Å². The summed E-state index contributed by atoms with van der Waals surface area (Å²) in [5.41, 5.74) is 3.13. The molecule has 1 aromatic carbocycles. The van der Waals surface area contributed by atoms with Crippen molar-refractivity contribution in [1.82, 2.24) is 20.2 Å². The van der Waals surface area contributed by atoms with Gasteiger partial charge in [0.1, 0.15) is 5.69 Å². The molecule has 0 fully saturated rings. The first kappa shape index (κ1) is 14.8. The first-order valence-electron chi connectivity index (χ1n) is 7.32. The van der Waals surface area contributed by atoms with Crippen LogP contribution in [0.2, 0.25) is 0 Å². The standard InChI is InChI=1S/C17H17N5O/c1-3-7-11(4-2)17(23)20-15-10-14(21-22-15)16-18-12-8-5-6-9-13(12)19-16/h3-10H,1-2H3,(H,18,19)(H2,20,21,22,23)/b7-3-,11-4+. The normalized spacial score (nSPS) is 12.2. The third kappa shape index (κ3) is 3.06. The van der Waals surface area contributed by atoms with Gasteiger partial charge in [-0.05, 0) is 26.0 Å². The van der Waals surface area contributed by atoms with E-state index in [1.807, 2.05) is 44.2 Å². The van der Waals surface area contributed by atoms with Crippen LogP contribution in [0.4, 0.5) is 5.82 Å². The van der Waals surface area contributed by atoms with Crippen molar-refractivity contribution in [3.8, 4) is 11.5 Å². The van der Waals surface area contributed by atoms with Crippen LogP contribution in [0.3, 0.4) is 0 Å². The second-order valence-electron chi connectivity index (χ2n) is 4.97. The molecule has 23 heavy (non-hydrogen) atoms. The van der Waals surface area contributed by atoms with Crippen molar-refractivity contribution in [3.63, 3.8) is 0 Å². The van der Waals surface area contributed by atoms with Gasteiger partial charge in [0, 0.05) is 11.6 Å². The quantitative estimate of drug-likeness (QED) is 0.510. The van der Waals surface area contributed by atoms with Gasteiger partial charge < -0.3 is 10.3 Å². The van der Waals surface area contributed by atoms with Gasteiger partial charge >= 0.3 is 0 Å². The van der Waals surface area contributed by atoms with E-state index in [0.717, 1.165) is 11.0 Å². The topological polar surface area (TPSA) is 86.5 Å². The lowest BCUT2D eigenvalue weighted by atomic mass is 10.2. The van der Waals surface area contributed by atoms with Crippen LogP contribution >= 0.6 is 0 Å². The number of hydrogen-bond donors (Lipinski definition) is 3. The molecule has 0 radical (unpaired) electrons. The van der Waals surface area contributed by atoms with E-state index in [2.05, 4.69) is 25.5 Å². The van der Waals surface area contributed by atoms with Crippen LogP contribution in [0, 0.1) is 0 Å². The van der Waals surface area contributed by atoms with Gasteiger partial charge in [0.25, 0.3) is 5.91 Å². The van der Waals surface area contributed by atoms with Crippen LogP contribution < -0.4 is 5.32 Å². The molecule has 0 aliphatic carbocycles. The first-order chi connectivity index (χ1) is 11.2. The van der Waals surface area contributed by atoms with Crippen molar-refractivity contribution in [2.75, 3.05) is 5.32 Å². The summed E-state index contributed by atoms with van der Waals surface area (Å²) in [6.45, 7) is 3.68. The number of nitrogens with zero attached hydrogens (tertiary/aromatic N) is 2. The maximum absolute atomic E-state index is 12.1. The summed E-state index contributed by atoms with van der Waals surface area (Å²) in [5.74, 6) is 0.932. The molecule has 0 aliphatic heterocycles. The van der Waals surface area contributed by atoms with Crippen LogP contribution in [0.25, 0.3) is 22.6 Å². The van der Waals surface area contributed by atoms with E-state index in [1.54, 1.807) is 18.2 Å². The van der Waals surface area contributed by atoms with Crippen molar-refractivity contribution in [1.29, 1.82) is 0 Å². The Hall–Kier alpha value is -3.15. The maximum Gasteiger partial charge on any atom is 0.256 e. The number of para-hydroxylation sites is 2. The minimum atomic E-state index is -0.201. The van der Waals surface area contributed by atoms with Gasteiger partial charge in [0.15, 0.2) is 11.6 Å². The molecule has 0 aliphatic rings. The molecule has 0 atom stereocenters. The van der Waals surface area contributed by atoms with Crippen LogP contribution in [-0.4, -0.2) is 26.1 Å². The lowest BCUT2D eigenvalue weighted by Gasteiger charge is -2.01. The number of fused-ring (bicyclic) bond motifs is 1. The molecular formula is C17H17N5O. The number of anilines is 1. The molecule has 2 heterocycles. The fourth-order valence-corrected chi connectivity index (χ4v) is 2.26. The number of aromatic nitrogens is 4. The Morgan fingerprint density at radius 3 is 2.83 bits per heavy atom. The smallest absolute Gasteiger partial charge is 0.256 e. The highest BCUT2D eigenvalue weighted by molar-refractivity contribution is 6.05. The Morgan fingerprint density at radius 1 is 1.26 bits per heavy atom. The zero-order valence-corrected chi connectivity index (χ0v) is 12.9.